The molecule has 21 atom stereocenters. The number of ether oxygens (including phenoxy) is 7. The Morgan fingerprint density at radius 1 is 0.855 bits per heavy atom. The predicted octanol–water partition coefficient (Wildman–Crippen LogP) is 0.525. The van der Waals surface area contributed by atoms with E-state index in [0.29, 0.717) is 18.3 Å². The van der Waals surface area contributed by atoms with E-state index in [9.17, 15) is 50.1 Å². The van der Waals surface area contributed by atoms with E-state index in [1.807, 2.05) is 0 Å². The van der Waals surface area contributed by atoms with E-state index in [0.717, 1.165) is 0 Å². The summed E-state index contributed by atoms with van der Waals surface area (Å²) in [7, 11) is 3.48. The first kappa shape index (κ1) is 52.4. The highest BCUT2D eigenvalue weighted by molar-refractivity contribution is 5.91. The molecule has 0 aromatic heterocycles. The fourth-order valence-electron chi connectivity index (χ4n) is 9.02. The molecule has 0 bridgehead atoms. The maximum Gasteiger partial charge on any atom is 0.308 e. The molecule has 62 heavy (non-hydrogen) atoms. The van der Waals surface area contributed by atoms with Crippen molar-refractivity contribution in [3.8, 4) is 0 Å². The van der Waals surface area contributed by atoms with Crippen molar-refractivity contribution >= 4 is 18.0 Å². The van der Waals surface area contributed by atoms with Crippen LogP contribution in [0.4, 0.5) is 0 Å². The summed E-state index contributed by atoms with van der Waals surface area (Å²) in [5.74, 6) is -3.84. The lowest BCUT2D eigenvalue weighted by atomic mass is 9.79. The van der Waals surface area contributed by atoms with Crippen LogP contribution in [0.15, 0.2) is 23.8 Å². The lowest BCUT2D eigenvalue weighted by Crippen LogP contribution is -2.65. The third-order valence-corrected chi connectivity index (χ3v) is 12.9. The molecule has 0 saturated carbocycles. The number of hydrogen-bond acceptors (Lipinski definition) is 18. The van der Waals surface area contributed by atoms with Gasteiger partial charge in [0.15, 0.2) is 24.7 Å². The molecule has 3 saturated heterocycles. The van der Waals surface area contributed by atoms with Crippen molar-refractivity contribution in [1.82, 2.24) is 4.90 Å². The minimum atomic E-state index is -1.56. The van der Waals surface area contributed by atoms with E-state index in [1.165, 1.54) is 19.9 Å². The van der Waals surface area contributed by atoms with Crippen LogP contribution in [0.2, 0.25) is 0 Å². The van der Waals surface area contributed by atoms with E-state index >= 15 is 0 Å². The van der Waals surface area contributed by atoms with Gasteiger partial charge in [-0.25, -0.2) is 0 Å². The molecule has 4 rings (SSSR count). The van der Waals surface area contributed by atoms with E-state index in [1.54, 1.807) is 72.7 Å². The molecule has 0 spiro atoms. The second kappa shape index (κ2) is 22.8. The third-order valence-electron chi connectivity index (χ3n) is 12.9. The zero-order valence-corrected chi connectivity index (χ0v) is 37.8. The highest BCUT2D eigenvalue weighted by atomic mass is 16.7. The quantitative estimate of drug-likeness (QED) is 0.110. The van der Waals surface area contributed by atoms with E-state index in [-0.39, 0.29) is 31.7 Å². The number of aliphatic hydroxyl groups excluding tert-OH is 6. The minimum Gasteiger partial charge on any atom is -0.462 e. The van der Waals surface area contributed by atoms with Crippen molar-refractivity contribution in [3.05, 3.63) is 23.8 Å². The van der Waals surface area contributed by atoms with Crippen LogP contribution in [0.5, 0.6) is 0 Å². The summed E-state index contributed by atoms with van der Waals surface area (Å²) in [4.78, 5) is 41.3. The number of rotatable bonds is 11. The molecule has 0 amide bonds. The summed E-state index contributed by atoms with van der Waals surface area (Å²) >= 11 is 0. The van der Waals surface area contributed by atoms with Crippen LogP contribution in [0.1, 0.15) is 87.5 Å². The molecule has 7 N–H and O–H groups in total. The minimum absolute atomic E-state index is 0.0454. The zero-order valence-electron chi connectivity index (χ0n) is 37.8. The largest absolute Gasteiger partial charge is 0.462 e. The van der Waals surface area contributed by atoms with Crippen molar-refractivity contribution in [2.24, 2.45) is 23.7 Å². The van der Waals surface area contributed by atoms with Gasteiger partial charge in [-0.05, 0) is 73.5 Å². The zero-order chi connectivity index (χ0) is 46.4. The molecule has 0 aromatic carbocycles. The van der Waals surface area contributed by atoms with Gasteiger partial charge in [0.25, 0.3) is 0 Å². The summed E-state index contributed by atoms with van der Waals surface area (Å²) in [5, 5.41) is 76.0. The van der Waals surface area contributed by atoms with Gasteiger partial charge in [-0.1, -0.05) is 38.5 Å². The number of likely N-dealkylation sites (N-methyl/N-ethyl adjacent to an activating group) is 1. The average Bonchev–Trinajstić information content (AvgIpc) is 3.20. The van der Waals surface area contributed by atoms with Crippen LogP contribution < -0.4 is 0 Å². The average molecular weight is 888 g/mol. The highest BCUT2D eigenvalue weighted by Gasteiger charge is 2.51. The Kier molecular flexibility index (Phi) is 19.2. The molecule has 4 aliphatic rings. The van der Waals surface area contributed by atoms with Gasteiger partial charge in [-0.3, -0.25) is 9.59 Å². The molecule has 21 unspecified atom stereocenters. The van der Waals surface area contributed by atoms with Crippen LogP contribution in [0.3, 0.4) is 0 Å². The number of hydrogen-bond donors (Lipinski definition) is 7. The van der Waals surface area contributed by atoms with Gasteiger partial charge in [0.2, 0.25) is 0 Å². The van der Waals surface area contributed by atoms with Gasteiger partial charge in [-0.2, -0.15) is 0 Å². The Labute approximate surface area is 365 Å². The molecule has 18 nitrogen and oxygen atoms in total. The van der Waals surface area contributed by atoms with Gasteiger partial charge in [0, 0.05) is 30.6 Å². The Bertz CT molecular complexity index is 1530. The Morgan fingerprint density at radius 3 is 2.13 bits per heavy atom. The molecule has 356 valence electrons. The Morgan fingerprint density at radius 2 is 1.52 bits per heavy atom. The first-order valence-corrected chi connectivity index (χ1v) is 21.9. The Balaban J connectivity index is 1.61. The smallest absolute Gasteiger partial charge is 0.308 e. The van der Waals surface area contributed by atoms with Gasteiger partial charge in [0.1, 0.15) is 49.0 Å². The summed E-state index contributed by atoms with van der Waals surface area (Å²) in [5.41, 5.74) is -0.876. The first-order valence-electron chi connectivity index (χ1n) is 21.9. The standard InChI is InChI=1S/C44H73NO17/c1-11-31-28(20-56-42-38(53)37(52)35(50)24(5)58-42)16-21(2)12-13-29(47)22(3)17-27(14-15-46)39(23(4)30(48)18-32(49)60-31)62-43-36(51)34(45(9)10)40(25(6)59-43)61-33-19-44(8,55)41(54)26(7)57-33/h12-13,15-16,22-28,30-31,33-43,48,50-55H,11,14,17-20H2,1-10H3/b13-12+,21-16+. The number of cyclic esters (lactones) is 1. The van der Waals surface area contributed by atoms with Crippen LogP contribution in [-0.2, 0) is 47.5 Å². The molecule has 3 fully saturated rings. The molecule has 18 heteroatoms. The first-order chi connectivity index (χ1) is 29.0. The van der Waals surface area contributed by atoms with Crippen molar-refractivity contribution in [2.45, 2.75) is 191 Å². The van der Waals surface area contributed by atoms with Crippen molar-refractivity contribution in [2.75, 3.05) is 20.7 Å². The summed E-state index contributed by atoms with van der Waals surface area (Å²) in [6.07, 6.45) is -11.6. The number of ketones is 1. The summed E-state index contributed by atoms with van der Waals surface area (Å²) in [6, 6.07) is -0.761. The van der Waals surface area contributed by atoms with Crippen LogP contribution in [0.25, 0.3) is 0 Å². The monoisotopic (exact) mass is 887 g/mol. The topological polar surface area (TPSA) is 261 Å². The normalized spacial score (nSPS) is 47.0. The van der Waals surface area contributed by atoms with Gasteiger partial charge in [-0.15, -0.1) is 0 Å². The number of carbonyl (C=O) groups excluding carboxylic acids is 3. The summed E-state index contributed by atoms with van der Waals surface area (Å²) in [6.45, 7) is 13.1. The second-order valence-corrected chi connectivity index (χ2v) is 18.3. The van der Waals surface area contributed by atoms with E-state index in [4.69, 9.17) is 33.2 Å². The Hall–Kier alpha value is -2.27. The van der Waals surface area contributed by atoms with Crippen LogP contribution >= 0.6 is 0 Å². The second-order valence-electron chi connectivity index (χ2n) is 18.3. The lowest BCUT2D eigenvalue weighted by Gasteiger charge is -2.50. The fraction of sp³-hybridized carbons (Fsp3) is 0.841. The number of aliphatic hydroxyl groups is 7. The third kappa shape index (κ3) is 13.0. The fourth-order valence-corrected chi connectivity index (χ4v) is 9.02. The maximum atomic E-state index is 13.6. The van der Waals surface area contributed by atoms with Crippen molar-refractivity contribution in [3.63, 3.8) is 0 Å². The van der Waals surface area contributed by atoms with Crippen LogP contribution in [0, 0.1) is 23.7 Å². The molecule has 4 heterocycles. The molecule has 0 aliphatic carbocycles. The molecule has 0 radical (unpaired) electrons. The summed E-state index contributed by atoms with van der Waals surface area (Å²) < 4.78 is 42.6. The number of aldehydes is 1. The molecular weight excluding hydrogens is 814 g/mol. The lowest BCUT2D eigenvalue weighted by molar-refractivity contribution is -0.341. The van der Waals surface area contributed by atoms with E-state index in [2.05, 4.69) is 0 Å². The predicted molar refractivity (Wildman–Crippen MR) is 221 cm³/mol. The highest BCUT2D eigenvalue weighted by Crippen LogP contribution is 2.37. The van der Waals surface area contributed by atoms with Crippen molar-refractivity contribution < 1.29 is 83.3 Å². The number of carbonyl (C=O) groups is 3. The van der Waals surface area contributed by atoms with Gasteiger partial charge in [0.05, 0.1) is 55.2 Å². The number of allylic oxidation sites excluding steroid dienone is 3. The van der Waals surface area contributed by atoms with Crippen LogP contribution in [-0.4, -0.2) is 183 Å². The van der Waals surface area contributed by atoms with Crippen molar-refractivity contribution in [1.29, 1.82) is 0 Å². The van der Waals surface area contributed by atoms with E-state index < -0.39 is 140 Å². The van der Waals surface area contributed by atoms with Gasteiger partial charge >= 0.3 is 5.97 Å². The van der Waals surface area contributed by atoms with Gasteiger partial charge < -0.3 is 78.6 Å². The number of esters is 1. The molecule has 0 aromatic rings. The molecular formula is C44H73NO17. The SMILES string of the molecule is CCC1OC(=O)CC(O)C(C)C(OC2OC(C)C(OC3CC(C)(O)C(O)C(C)O3)C(N(C)C)C2O)C(CC=O)CC(C)C(=O)/C=C/C(C)=C/C1COC1OC(C)C(O)C(O)C1O. The maximum absolute atomic E-state index is 13.6. The number of nitrogens with zero attached hydrogens (tertiary/aromatic N) is 1. The molecule has 4 aliphatic heterocycles.